The monoisotopic (exact) mass is 264 g/mol. The Bertz CT molecular complexity index is 400. The summed E-state index contributed by atoms with van der Waals surface area (Å²) in [6.07, 6.45) is -4.38. The van der Waals surface area contributed by atoms with Crippen LogP contribution in [0, 0.1) is 0 Å². The molecule has 1 fully saturated rings. The van der Waals surface area contributed by atoms with Gasteiger partial charge in [0.25, 0.3) is 0 Å². The average molecular weight is 265 g/mol. The minimum Gasteiger partial charge on any atom is -0.314 e. The molecule has 6 heteroatoms. The Balaban J connectivity index is 2.38. The predicted molar refractivity (Wildman–Crippen MR) is 60.1 cm³/mol. The molecule has 0 aromatic heterocycles. The highest BCUT2D eigenvalue weighted by Gasteiger charge is 2.35. The minimum absolute atomic E-state index is 0.102. The fourth-order valence-electron chi connectivity index (χ4n) is 1.95. The maximum atomic E-state index is 12.9. The summed E-state index contributed by atoms with van der Waals surface area (Å²) >= 11 is 5.63. The lowest BCUT2D eigenvalue weighted by atomic mass is 9.98. The lowest BCUT2D eigenvalue weighted by Crippen LogP contribution is -2.43. The molecule has 1 heterocycles. The third kappa shape index (κ3) is 2.91. The molecule has 0 unspecified atom stereocenters. The van der Waals surface area contributed by atoms with Gasteiger partial charge < -0.3 is 10.6 Å². The van der Waals surface area contributed by atoms with Crippen molar-refractivity contribution >= 4 is 11.6 Å². The molecule has 1 atom stereocenters. The van der Waals surface area contributed by atoms with E-state index in [2.05, 4.69) is 10.6 Å². The first-order valence-corrected chi connectivity index (χ1v) is 5.67. The van der Waals surface area contributed by atoms with Gasteiger partial charge in [-0.1, -0.05) is 17.7 Å². The fourth-order valence-corrected chi connectivity index (χ4v) is 2.12. The Morgan fingerprint density at radius 1 is 1.24 bits per heavy atom. The van der Waals surface area contributed by atoms with Gasteiger partial charge in [-0.15, -0.1) is 0 Å². The van der Waals surface area contributed by atoms with Crippen LogP contribution >= 0.6 is 11.6 Å². The number of hydrogen-bond acceptors (Lipinski definition) is 2. The van der Waals surface area contributed by atoms with Crippen molar-refractivity contribution in [2.24, 2.45) is 0 Å². The van der Waals surface area contributed by atoms with Crippen LogP contribution in [0.2, 0.25) is 5.02 Å². The first kappa shape index (κ1) is 12.7. The van der Waals surface area contributed by atoms with E-state index in [4.69, 9.17) is 11.6 Å². The zero-order valence-corrected chi connectivity index (χ0v) is 9.70. The zero-order chi connectivity index (χ0) is 12.5. The van der Waals surface area contributed by atoms with Gasteiger partial charge in [0.2, 0.25) is 0 Å². The average Bonchev–Trinajstić information content (AvgIpc) is 2.29. The van der Waals surface area contributed by atoms with E-state index in [-0.39, 0.29) is 16.6 Å². The second-order valence-corrected chi connectivity index (χ2v) is 4.38. The fraction of sp³-hybridized carbons (Fsp3) is 0.455. The SMILES string of the molecule is FC(F)(F)c1cc(Cl)ccc1[C@H]1CNCCN1. The molecule has 1 aliphatic rings. The van der Waals surface area contributed by atoms with Crippen molar-refractivity contribution in [3.8, 4) is 0 Å². The van der Waals surface area contributed by atoms with Gasteiger partial charge in [0.15, 0.2) is 0 Å². The molecular formula is C11H12ClF3N2. The summed E-state index contributed by atoms with van der Waals surface area (Å²) in [5.74, 6) is 0. The zero-order valence-electron chi connectivity index (χ0n) is 8.94. The molecule has 2 N–H and O–H groups in total. The lowest BCUT2D eigenvalue weighted by Gasteiger charge is -2.27. The van der Waals surface area contributed by atoms with Gasteiger partial charge in [0, 0.05) is 30.7 Å². The van der Waals surface area contributed by atoms with E-state index in [0.29, 0.717) is 13.1 Å². The molecule has 2 rings (SSSR count). The highest BCUT2D eigenvalue weighted by molar-refractivity contribution is 6.30. The second kappa shape index (κ2) is 4.84. The van der Waals surface area contributed by atoms with Crippen LogP contribution in [0.15, 0.2) is 18.2 Å². The van der Waals surface area contributed by atoms with Crippen LogP contribution in [0.1, 0.15) is 17.2 Å². The summed E-state index contributed by atoms with van der Waals surface area (Å²) in [5, 5.41) is 6.23. The summed E-state index contributed by atoms with van der Waals surface area (Å²) in [6.45, 7) is 1.92. The van der Waals surface area contributed by atoms with Gasteiger partial charge >= 0.3 is 6.18 Å². The maximum Gasteiger partial charge on any atom is 0.416 e. The van der Waals surface area contributed by atoms with Crippen molar-refractivity contribution in [1.29, 1.82) is 0 Å². The van der Waals surface area contributed by atoms with E-state index in [9.17, 15) is 13.2 Å². The number of rotatable bonds is 1. The van der Waals surface area contributed by atoms with Crippen LogP contribution in [0.4, 0.5) is 13.2 Å². The van der Waals surface area contributed by atoms with Crippen LogP contribution in [0.3, 0.4) is 0 Å². The largest absolute Gasteiger partial charge is 0.416 e. The molecular weight excluding hydrogens is 253 g/mol. The van der Waals surface area contributed by atoms with E-state index in [1.807, 2.05) is 0 Å². The van der Waals surface area contributed by atoms with Gasteiger partial charge in [-0.2, -0.15) is 13.2 Å². The quantitative estimate of drug-likeness (QED) is 0.815. The molecule has 17 heavy (non-hydrogen) atoms. The van der Waals surface area contributed by atoms with Gasteiger partial charge in [-0.25, -0.2) is 0 Å². The van der Waals surface area contributed by atoms with E-state index in [1.165, 1.54) is 12.1 Å². The molecule has 1 aromatic rings. The first-order chi connectivity index (χ1) is 7.98. The minimum atomic E-state index is -4.38. The van der Waals surface area contributed by atoms with Crippen molar-refractivity contribution in [3.63, 3.8) is 0 Å². The predicted octanol–water partition coefficient (Wildman–Crippen LogP) is 2.59. The molecule has 0 aliphatic carbocycles. The van der Waals surface area contributed by atoms with Crippen LogP contribution in [-0.2, 0) is 6.18 Å². The molecule has 1 aliphatic heterocycles. The Kier molecular flexibility index (Phi) is 3.61. The highest BCUT2D eigenvalue weighted by Crippen LogP contribution is 2.36. The number of benzene rings is 1. The molecule has 0 spiro atoms. The van der Waals surface area contributed by atoms with Crippen molar-refractivity contribution in [3.05, 3.63) is 34.3 Å². The van der Waals surface area contributed by atoms with Crippen molar-refractivity contribution < 1.29 is 13.2 Å². The molecule has 0 radical (unpaired) electrons. The third-order valence-electron chi connectivity index (χ3n) is 2.74. The van der Waals surface area contributed by atoms with Crippen LogP contribution in [-0.4, -0.2) is 19.6 Å². The number of hydrogen-bond donors (Lipinski definition) is 2. The normalized spacial score (nSPS) is 21.5. The molecule has 0 bridgehead atoms. The van der Waals surface area contributed by atoms with E-state index in [0.717, 1.165) is 12.6 Å². The number of piperazine rings is 1. The van der Waals surface area contributed by atoms with Gasteiger partial charge in [0.1, 0.15) is 0 Å². The Morgan fingerprint density at radius 3 is 2.59 bits per heavy atom. The molecule has 2 nitrogen and oxygen atoms in total. The smallest absolute Gasteiger partial charge is 0.314 e. The first-order valence-electron chi connectivity index (χ1n) is 5.29. The molecule has 0 amide bonds. The van der Waals surface area contributed by atoms with Crippen LogP contribution < -0.4 is 10.6 Å². The summed E-state index contributed by atoms with van der Waals surface area (Å²) in [4.78, 5) is 0. The van der Waals surface area contributed by atoms with Crippen molar-refractivity contribution in [2.75, 3.05) is 19.6 Å². The summed E-state index contributed by atoms with van der Waals surface area (Å²) in [7, 11) is 0. The number of halogens is 4. The topological polar surface area (TPSA) is 24.1 Å². The maximum absolute atomic E-state index is 12.9. The molecule has 1 saturated heterocycles. The van der Waals surface area contributed by atoms with Gasteiger partial charge in [0.05, 0.1) is 5.56 Å². The van der Waals surface area contributed by atoms with Crippen LogP contribution in [0.25, 0.3) is 0 Å². The van der Waals surface area contributed by atoms with Crippen molar-refractivity contribution in [1.82, 2.24) is 10.6 Å². The lowest BCUT2D eigenvalue weighted by molar-refractivity contribution is -0.138. The van der Waals surface area contributed by atoms with E-state index >= 15 is 0 Å². The van der Waals surface area contributed by atoms with E-state index in [1.54, 1.807) is 0 Å². The molecule has 94 valence electrons. The van der Waals surface area contributed by atoms with Crippen LogP contribution in [0.5, 0.6) is 0 Å². The Hall–Kier alpha value is -0.780. The molecule has 1 aromatic carbocycles. The summed E-state index contributed by atoms with van der Waals surface area (Å²) in [5.41, 5.74) is -0.416. The Labute approximate surface area is 102 Å². The number of alkyl halides is 3. The standard InChI is InChI=1S/C11H12ClF3N2/c12-7-1-2-8(9(5-7)11(13,14)15)10-6-16-3-4-17-10/h1-2,5,10,16-17H,3-4,6H2/t10-/m1/s1. The summed E-state index contributed by atoms with van der Waals surface area (Å²) in [6, 6.07) is 3.59. The highest BCUT2D eigenvalue weighted by atomic mass is 35.5. The van der Waals surface area contributed by atoms with E-state index < -0.39 is 11.7 Å². The van der Waals surface area contributed by atoms with Gasteiger partial charge in [-0.05, 0) is 17.7 Å². The molecule has 0 saturated carbocycles. The number of nitrogens with one attached hydrogen (secondary N) is 2. The second-order valence-electron chi connectivity index (χ2n) is 3.94. The van der Waals surface area contributed by atoms with Gasteiger partial charge in [-0.3, -0.25) is 0 Å². The van der Waals surface area contributed by atoms with Crippen molar-refractivity contribution in [2.45, 2.75) is 12.2 Å². The Morgan fingerprint density at radius 2 is 2.00 bits per heavy atom. The summed E-state index contributed by atoms with van der Waals surface area (Å²) < 4.78 is 38.6. The third-order valence-corrected chi connectivity index (χ3v) is 2.97.